The van der Waals surface area contributed by atoms with Gasteiger partial charge >= 0.3 is 0 Å². The molecule has 1 aliphatic rings. The number of ether oxygens (including phenoxy) is 2. The topological polar surface area (TPSA) is 73.7 Å². The average Bonchev–Trinajstić information content (AvgIpc) is 2.77. The molecule has 0 spiro atoms. The number of fused-ring (bicyclic) bond motifs is 1. The van der Waals surface area contributed by atoms with E-state index in [9.17, 15) is 9.59 Å². The fourth-order valence-corrected chi connectivity index (χ4v) is 5.00. The van der Waals surface area contributed by atoms with Crippen molar-refractivity contribution in [1.29, 1.82) is 0 Å². The van der Waals surface area contributed by atoms with E-state index in [2.05, 4.69) is 4.98 Å². The molecule has 4 rings (SSSR count). The van der Waals surface area contributed by atoms with Gasteiger partial charge in [-0.2, -0.15) is 0 Å². The molecule has 2 aromatic carbocycles. The number of para-hydroxylation sites is 1. The molecule has 3 aromatic rings. The van der Waals surface area contributed by atoms with Gasteiger partial charge in [-0.25, -0.2) is 4.98 Å². The molecule has 0 aliphatic carbocycles. The van der Waals surface area contributed by atoms with Crippen LogP contribution in [-0.2, 0) is 9.53 Å². The lowest BCUT2D eigenvalue weighted by Gasteiger charge is -2.35. The predicted octanol–water partition coefficient (Wildman–Crippen LogP) is 3.78. The first-order chi connectivity index (χ1) is 15.4. The van der Waals surface area contributed by atoms with E-state index in [1.54, 1.807) is 41.3 Å². The van der Waals surface area contributed by atoms with Gasteiger partial charge in [-0.05, 0) is 44.2 Å². The minimum atomic E-state index is -0.222. The summed E-state index contributed by atoms with van der Waals surface area (Å²) in [4.78, 5) is 32.8. The van der Waals surface area contributed by atoms with Gasteiger partial charge in [-0.15, -0.1) is 0 Å². The molecule has 168 valence electrons. The van der Waals surface area contributed by atoms with Crippen LogP contribution in [0.3, 0.4) is 0 Å². The molecule has 1 amide bonds. The number of nitrogens with zero attached hydrogens (tertiary/aromatic N) is 3. The summed E-state index contributed by atoms with van der Waals surface area (Å²) < 4.78 is 12.4. The maximum absolute atomic E-state index is 13.4. The molecule has 2 heterocycles. The maximum Gasteiger partial charge on any atom is 0.266 e. The Morgan fingerprint density at radius 2 is 1.94 bits per heavy atom. The molecule has 2 unspecified atom stereocenters. The number of methoxy groups -OCH3 is 1. The van der Waals surface area contributed by atoms with Crippen LogP contribution in [0.5, 0.6) is 5.75 Å². The number of carbonyl (C=O) groups is 1. The van der Waals surface area contributed by atoms with Crippen LogP contribution < -0.4 is 10.3 Å². The molecule has 7 nitrogen and oxygen atoms in total. The minimum Gasteiger partial charge on any atom is -0.495 e. The van der Waals surface area contributed by atoms with Gasteiger partial charge in [0.1, 0.15) is 5.75 Å². The number of hydrogen-bond acceptors (Lipinski definition) is 6. The van der Waals surface area contributed by atoms with Gasteiger partial charge in [-0.1, -0.05) is 35.5 Å². The Kier molecular flexibility index (Phi) is 6.74. The molecule has 0 radical (unpaired) electrons. The van der Waals surface area contributed by atoms with Crippen LogP contribution in [0, 0.1) is 0 Å². The number of halogens is 1. The molecule has 0 saturated carbocycles. The number of morpholine rings is 1. The fraction of sp³-hybridized carbons (Fsp3) is 0.348. The van der Waals surface area contributed by atoms with Crippen molar-refractivity contribution in [3.63, 3.8) is 0 Å². The van der Waals surface area contributed by atoms with E-state index in [1.807, 2.05) is 19.9 Å². The monoisotopic (exact) mass is 473 g/mol. The Balaban J connectivity index is 1.70. The lowest BCUT2D eigenvalue weighted by atomic mass is 10.2. The predicted molar refractivity (Wildman–Crippen MR) is 126 cm³/mol. The minimum absolute atomic E-state index is 0.00823. The second-order valence-electron chi connectivity index (χ2n) is 7.72. The molecule has 1 aromatic heterocycles. The average molecular weight is 474 g/mol. The fourth-order valence-electron chi connectivity index (χ4n) is 3.83. The number of amides is 1. The highest BCUT2D eigenvalue weighted by atomic mass is 35.5. The van der Waals surface area contributed by atoms with Crippen molar-refractivity contribution >= 4 is 40.2 Å². The van der Waals surface area contributed by atoms with Crippen LogP contribution in [0.25, 0.3) is 16.6 Å². The third-order valence-corrected chi connectivity index (χ3v) is 6.45. The van der Waals surface area contributed by atoms with Gasteiger partial charge in [0.15, 0.2) is 5.16 Å². The van der Waals surface area contributed by atoms with Gasteiger partial charge in [0.25, 0.3) is 5.56 Å². The van der Waals surface area contributed by atoms with E-state index in [0.717, 1.165) is 0 Å². The van der Waals surface area contributed by atoms with Gasteiger partial charge in [0.2, 0.25) is 5.91 Å². The van der Waals surface area contributed by atoms with E-state index < -0.39 is 0 Å². The van der Waals surface area contributed by atoms with Crippen LogP contribution in [0.15, 0.2) is 52.4 Å². The molecule has 1 aliphatic heterocycles. The molecule has 0 N–H and O–H groups in total. The van der Waals surface area contributed by atoms with E-state index >= 15 is 0 Å². The zero-order valence-electron chi connectivity index (χ0n) is 18.1. The highest BCUT2D eigenvalue weighted by Crippen LogP contribution is 2.29. The molecule has 9 heteroatoms. The normalized spacial score (nSPS) is 18.7. The number of carbonyl (C=O) groups excluding carboxylic acids is 1. The molecule has 32 heavy (non-hydrogen) atoms. The van der Waals surface area contributed by atoms with E-state index in [1.165, 1.54) is 23.4 Å². The Morgan fingerprint density at radius 3 is 2.62 bits per heavy atom. The van der Waals surface area contributed by atoms with Crippen LogP contribution in [0.1, 0.15) is 13.8 Å². The Bertz CT molecular complexity index is 1210. The Hall–Kier alpha value is -2.55. The van der Waals surface area contributed by atoms with Crippen molar-refractivity contribution in [2.24, 2.45) is 0 Å². The third-order valence-electron chi connectivity index (χ3n) is 5.24. The molecular formula is C23H24ClN3O4S. The summed E-state index contributed by atoms with van der Waals surface area (Å²) in [5.74, 6) is 0.657. The molecule has 2 atom stereocenters. The van der Waals surface area contributed by atoms with Crippen molar-refractivity contribution < 1.29 is 14.3 Å². The Labute approximate surface area is 195 Å². The largest absolute Gasteiger partial charge is 0.495 e. The summed E-state index contributed by atoms with van der Waals surface area (Å²) in [6.45, 7) is 5.02. The summed E-state index contributed by atoms with van der Waals surface area (Å²) in [6, 6.07) is 12.3. The molecular weight excluding hydrogens is 450 g/mol. The lowest BCUT2D eigenvalue weighted by molar-refractivity contribution is -0.140. The molecule has 1 fully saturated rings. The van der Waals surface area contributed by atoms with E-state index in [4.69, 9.17) is 21.1 Å². The number of hydrogen-bond donors (Lipinski definition) is 0. The smallest absolute Gasteiger partial charge is 0.266 e. The number of benzene rings is 2. The van der Waals surface area contributed by atoms with Crippen molar-refractivity contribution in [3.05, 3.63) is 57.8 Å². The van der Waals surface area contributed by atoms with Gasteiger partial charge < -0.3 is 14.4 Å². The summed E-state index contributed by atoms with van der Waals surface area (Å²) in [5, 5.41) is 1.30. The zero-order chi connectivity index (χ0) is 22.8. The Morgan fingerprint density at radius 1 is 1.22 bits per heavy atom. The highest BCUT2D eigenvalue weighted by Gasteiger charge is 2.26. The summed E-state index contributed by atoms with van der Waals surface area (Å²) in [6.07, 6.45) is -0.0165. The SMILES string of the molecule is COc1ccc(-n2c(SCC(=O)N3CC(C)OC(C)C3)nc3ccccc3c2=O)cc1Cl. The first-order valence-electron chi connectivity index (χ1n) is 10.3. The number of rotatable bonds is 5. The summed E-state index contributed by atoms with van der Waals surface area (Å²) in [5.41, 5.74) is 0.917. The van der Waals surface area contributed by atoms with Crippen LogP contribution in [0.4, 0.5) is 0 Å². The quantitative estimate of drug-likeness (QED) is 0.415. The number of aromatic nitrogens is 2. The van der Waals surface area contributed by atoms with Gasteiger partial charge in [-0.3, -0.25) is 14.2 Å². The zero-order valence-corrected chi connectivity index (χ0v) is 19.7. The highest BCUT2D eigenvalue weighted by molar-refractivity contribution is 7.99. The lowest BCUT2D eigenvalue weighted by Crippen LogP contribution is -2.48. The third kappa shape index (κ3) is 4.62. The number of thioether (sulfide) groups is 1. The summed E-state index contributed by atoms with van der Waals surface area (Å²) in [7, 11) is 1.53. The van der Waals surface area contributed by atoms with Crippen LogP contribution in [-0.4, -0.2) is 58.5 Å². The van der Waals surface area contributed by atoms with Crippen LogP contribution >= 0.6 is 23.4 Å². The first kappa shape index (κ1) is 22.6. The second-order valence-corrected chi connectivity index (χ2v) is 9.07. The van der Waals surface area contributed by atoms with E-state index in [0.29, 0.717) is 45.6 Å². The standard InChI is InChI=1S/C23H24ClN3O4S/c1-14-11-26(12-15(2)31-14)21(28)13-32-23-25-19-7-5-4-6-17(19)22(29)27(23)16-8-9-20(30-3)18(24)10-16/h4-10,14-15H,11-13H2,1-3H3. The van der Waals surface area contributed by atoms with Gasteiger partial charge in [0, 0.05) is 13.1 Å². The van der Waals surface area contributed by atoms with Crippen LogP contribution in [0.2, 0.25) is 5.02 Å². The van der Waals surface area contributed by atoms with Crippen molar-refractivity contribution in [2.45, 2.75) is 31.2 Å². The van der Waals surface area contributed by atoms with Gasteiger partial charge in [0.05, 0.1) is 46.7 Å². The second kappa shape index (κ2) is 9.52. The molecule has 0 bridgehead atoms. The van der Waals surface area contributed by atoms with Crippen molar-refractivity contribution in [1.82, 2.24) is 14.5 Å². The van der Waals surface area contributed by atoms with Crippen molar-refractivity contribution in [2.75, 3.05) is 26.0 Å². The summed E-state index contributed by atoms with van der Waals surface area (Å²) >= 11 is 7.55. The molecule has 1 saturated heterocycles. The maximum atomic E-state index is 13.4. The van der Waals surface area contributed by atoms with Crippen molar-refractivity contribution in [3.8, 4) is 11.4 Å². The van der Waals surface area contributed by atoms with E-state index in [-0.39, 0.29) is 29.4 Å². The first-order valence-corrected chi connectivity index (χ1v) is 11.7.